The molecule has 0 saturated heterocycles. The highest BCUT2D eigenvalue weighted by molar-refractivity contribution is 14.1. The van der Waals surface area contributed by atoms with E-state index in [1.165, 1.54) is 12.0 Å². The van der Waals surface area contributed by atoms with Crippen LogP contribution in [0.4, 0.5) is 0 Å². The molecule has 0 amide bonds. The first-order chi connectivity index (χ1) is 10.2. The first-order valence-electron chi connectivity index (χ1n) is 8.32. The van der Waals surface area contributed by atoms with Crippen LogP contribution in [0, 0.1) is 11.3 Å². The van der Waals surface area contributed by atoms with Crippen molar-refractivity contribution in [2.45, 2.75) is 64.6 Å². The van der Waals surface area contributed by atoms with Crippen LogP contribution in [0.5, 0.6) is 0 Å². The smallest absolute Gasteiger partial charge is 0.199 e. The van der Waals surface area contributed by atoms with Crippen molar-refractivity contribution in [1.82, 2.24) is 0 Å². The van der Waals surface area contributed by atoms with Gasteiger partial charge in [0, 0.05) is 25.9 Å². The molecule has 0 N–H and O–H groups in total. The Balaban J connectivity index is 1.88. The van der Waals surface area contributed by atoms with Crippen molar-refractivity contribution >= 4 is 28.4 Å². The van der Waals surface area contributed by atoms with E-state index in [2.05, 4.69) is 22.6 Å². The molecule has 0 aromatic carbocycles. The number of carbonyl (C=O) groups is 1. The number of rotatable bonds is 5. The fraction of sp³-hybridized carbons (Fsp3) is 0.824. The number of hydrogen-bond acceptors (Lipinski definition) is 3. The van der Waals surface area contributed by atoms with E-state index in [9.17, 15) is 4.79 Å². The standard InChI is InChI=1S/C17H25IO3/c1-2-20-16-8-7-13-14(21-16)11-12-5-3-6-15(19)17(12,13)9-4-10-18/h12,16H,2-11H2,1H3/t12-,16?,17-/m0/s1. The maximum absolute atomic E-state index is 12.8. The second kappa shape index (κ2) is 6.57. The summed E-state index contributed by atoms with van der Waals surface area (Å²) in [6, 6.07) is 0. The molecule has 1 unspecified atom stereocenters. The highest BCUT2D eigenvalue weighted by Gasteiger charge is 2.55. The van der Waals surface area contributed by atoms with E-state index in [0.717, 1.165) is 55.1 Å². The third-order valence-electron chi connectivity index (χ3n) is 5.42. The third kappa shape index (κ3) is 2.67. The van der Waals surface area contributed by atoms with E-state index in [1.54, 1.807) is 0 Å². The van der Waals surface area contributed by atoms with Crippen LogP contribution in [-0.2, 0) is 14.3 Å². The number of halogens is 1. The molecular weight excluding hydrogens is 379 g/mol. The van der Waals surface area contributed by atoms with Gasteiger partial charge in [0.1, 0.15) is 11.5 Å². The van der Waals surface area contributed by atoms with Crippen molar-refractivity contribution < 1.29 is 14.3 Å². The van der Waals surface area contributed by atoms with Crippen molar-refractivity contribution in [2.24, 2.45) is 11.3 Å². The van der Waals surface area contributed by atoms with Gasteiger partial charge in [0.05, 0.1) is 5.41 Å². The van der Waals surface area contributed by atoms with Crippen LogP contribution >= 0.6 is 22.6 Å². The average Bonchev–Trinajstić information content (AvgIpc) is 2.80. The minimum atomic E-state index is -0.171. The molecule has 1 saturated carbocycles. The Bertz CT molecular complexity index is 445. The van der Waals surface area contributed by atoms with Gasteiger partial charge in [-0.15, -0.1) is 0 Å². The van der Waals surface area contributed by atoms with Gasteiger partial charge in [-0.2, -0.15) is 0 Å². The Labute approximate surface area is 141 Å². The van der Waals surface area contributed by atoms with Gasteiger partial charge in [0.15, 0.2) is 6.29 Å². The number of hydrogen-bond donors (Lipinski definition) is 0. The molecule has 3 rings (SSSR count). The normalized spacial score (nSPS) is 35.4. The summed E-state index contributed by atoms with van der Waals surface area (Å²) in [7, 11) is 0. The molecule has 3 atom stereocenters. The van der Waals surface area contributed by atoms with Crippen molar-refractivity contribution in [1.29, 1.82) is 0 Å². The molecule has 3 aliphatic rings. The van der Waals surface area contributed by atoms with Crippen LogP contribution in [0.1, 0.15) is 58.3 Å². The van der Waals surface area contributed by atoms with E-state index in [-0.39, 0.29) is 11.7 Å². The topological polar surface area (TPSA) is 35.5 Å². The lowest BCUT2D eigenvalue weighted by Gasteiger charge is -2.41. The molecule has 0 aromatic heterocycles. The van der Waals surface area contributed by atoms with E-state index in [0.29, 0.717) is 18.3 Å². The fourth-order valence-electron chi connectivity index (χ4n) is 4.60. The zero-order valence-corrected chi connectivity index (χ0v) is 15.0. The molecule has 0 aromatic rings. The van der Waals surface area contributed by atoms with Gasteiger partial charge in [-0.25, -0.2) is 0 Å². The molecule has 118 valence electrons. The Hall–Kier alpha value is -0.100. The third-order valence-corrected chi connectivity index (χ3v) is 6.18. The summed E-state index contributed by atoms with van der Waals surface area (Å²) in [5.74, 6) is 2.09. The Morgan fingerprint density at radius 2 is 2.24 bits per heavy atom. The van der Waals surface area contributed by atoms with Gasteiger partial charge in [-0.1, -0.05) is 22.6 Å². The van der Waals surface area contributed by atoms with Gasteiger partial charge in [0.2, 0.25) is 0 Å². The first kappa shape index (κ1) is 15.8. The van der Waals surface area contributed by atoms with Crippen molar-refractivity contribution in [3.8, 4) is 0 Å². The number of fused-ring (bicyclic) bond motifs is 2. The largest absolute Gasteiger partial charge is 0.469 e. The van der Waals surface area contributed by atoms with Crippen LogP contribution < -0.4 is 0 Å². The minimum Gasteiger partial charge on any atom is -0.469 e. The number of ketones is 1. The minimum absolute atomic E-state index is 0.0920. The Morgan fingerprint density at radius 3 is 3.00 bits per heavy atom. The molecule has 1 aliphatic heterocycles. The van der Waals surface area contributed by atoms with E-state index < -0.39 is 0 Å². The maximum atomic E-state index is 12.8. The fourth-order valence-corrected chi connectivity index (χ4v) is 4.98. The maximum Gasteiger partial charge on any atom is 0.199 e. The number of carbonyl (C=O) groups excluding carboxylic acids is 1. The zero-order valence-electron chi connectivity index (χ0n) is 12.8. The molecule has 0 bridgehead atoms. The van der Waals surface area contributed by atoms with E-state index >= 15 is 0 Å². The SMILES string of the molecule is CCOC1CCC2=C(C[C@@H]3CCCC(=O)[C@]23CCCI)O1. The molecule has 3 nitrogen and oxygen atoms in total. The first-order valence-corrected chi connectivity index (χ1v) is 9.85. The summed E-state index contributed by atoms with van der Waals surface area (Å²) in [6.45, 7) is 2.70. The summed E-state index contributed by atoms with van der Waals surface area (Å²) >= 11 is 2.42. The second-order valence-electron chi connectivity index (χ2n) is 6.42. The monoisotopic (exact) mass is 404 g/mol. The molecule has 0 radical (unpaired) electrons. The molecule has 21 heavy (non-hydrogen) atoms. The van der Waals surface area contributed by atoms with Gasteiger partial charge in [-0.3, -0.25) is 4.79 Å². The van der Waals surface area contributed by atoms with Crippen molar-refractivity contribution in [2.75, 3.05) is 11.0 Å². The molecule has 4 heteroatoms. The quantitative estimate of drug-likeness (QED) is 0.504. The summed E-state index contributed by atoms with van der Waals surface area (Å²) < 4.78 is 12.9. The summed E-state index contributed by atoms with van der Waals surface area (Å²) in [6.07, 6.45) is 7.94. The lowest BCUT2D eigenvalue weighted by atomic mass is 9.61. The molecule has 1 fully saturated rings. The molecule has 2 aliphatic carbocycles. The second-order valence-corrected chi connectivity index (χ2v) is 7.50. The van der Waals surface area contributed by atoms with Crippen LogP contribution in [0.15, 0.2) is 11.3 Å². The van der Waals surface area contributed by atoms with E-state index in [1.807, 2.05) is 6.92 Å². The average molecular weight is 404 g/mol. The lowest BCUT2D eigenvalue weighted by molar-refractivity contribution is -0.133. The number of ether oxygens (including phenoxy) is 2. The lowest BCUT2D eigenvalue weighted by Crippen LogP contribution is -2.41. The van der Waals surface area contributed by atoms with Crippen molar-refractivity contribution in [3.63, 3.8) is 0 Å². The molecule has 1 heterocycles. The number of alkyl halides is 1. The van der Waals surface area contributed by atoms with Gasteiger partial charge in [-0.05, 0) is 54.9 Å². The zero-order chi connectivity index (χ0) is 14.9. The van der Waals surface area contributed by atoms with Gasteiger partial charge < -0.3 is 9.47 Å². The van der Waals surface area contributed by atoms with Crippen LogP contribution in [0.25, 0.3) is 0 Å². The predicted molar refractivity (Wildman–Crippen MR) is 90.3 cm³/mol. The molecule has 0 spiro atoms. The van der Waals surface area contributed by atoms with Crippen LogP contribution in [0.2, 0.25) is 0 Å². The van der Waals surface area contributed by atoms with Crippen LogP contribution in [0.3, 0.4) is 0 Å². The summed E-state index contributed by atoms with van der Waals surface area (Å²) in [5.41, 5.74) is 1.17. The Morgan fingerprint density at radius 1 is 1.38 bits per heavy atom. The molecular formula is C17H25IO3. The van der Waals surface area contributed by atoms with Crippen molar-refractivity contribution in [3.05, 3.63) is 11.3 Å². The van der Waals surface area contributed by atoms with E-state index in [4.69, 9.17) is 9.47 Å². The van der Waals surface area contributed by atoms with Crippen LogP contribution in [-0.4, -0.2) is 23.1 Å². The van der Waals surface area contributed by atoms with Gasteiger partial charge >= 0.3 is 0 Å². The summed E-state index contributed by atoms with van der Waals surface area (Å²) in [4.78, 5) is 12.8. The van der Waals surface area contributed by atoms with Gasteiger partial charge in [0.25, 0.3) is 0 Å². The highest BCUT2D eigenvalue weighted by Crippen LogP contribution is 2.59. The summed E-state index contributed by atoms with van der Waals surface area (Å²) in [5, 5.41) is 0. The number of Topliss-reactive ketones (excluding diaryl/α,β-unsaturated/α-hetero) is 1. The Kier molecular flexibility index (Phi) is 4.94. The predicted octanol–water partition coefficient (Wildman–Crippen LogP) is 4.39. The number of allylic oxidation sites excluding steroid dienone is 2. The highest BCUT2D eigenvalue weighted by atomic mass is 127.